The number of aromatic nitrogens is 2. The van der Waals surface area contributed by atoms with Crippen LogP contribution in [-0.2, 0) is 0 Å². The van der Waals surface area contributed by atoms with Gasteiger partial charge in [0.25, 0.3) is 0 Å². The summed E-state index contributed by atoms with van der Waals surface area (Å²) in [6.07, 6.45) is 4.35. The molecule has 6 heteroatoms. The average molecular weight is 587 g/mol. The van der Waals surface area contributed by atoms with Crippen LogP contribution in [-0.4, -0.2) is 30.7 Å². The van der Waals surface area contributed by atoms with Gasteiger partial charge in [0.2, 0.25) is 0 Å². The van der Waals surface area contributed by atoms with Crippen LogP contribution in [0.25, 0.3) is 50.1 Å². The third kappa shape index (κ3) is 5.66. The Morgan fingerprint density at radius 2 is 1.14 bits per heavy atom. The van der Waals surface area contributed by atoms with Crippen molar-refractivity contribution in [1.29, 1.82) is 0 Å². The monoisotopic (exact) mass is 586 g/mol. The molecule has 0 radical (unpaired) electrons. The van der Waals surface area contributed by atoms with Crippen LogP contribution in [0.15, 0.2) is 97.1 Å². The van der Waals surface area contributed by atoms with Gasteiger partial charge < -0.3 is 14.2 Å². The van der Waals surface area contributed by atoms with Crippen molar-refractivity contribution >= 4 is 28.4 Å². The number of thiazole rings is 1. The van der Waals surface area contributed by atoms with Crippen LogP contribution < -0.4 is 14.2 Å². The van der Waals surface area contributed by atoms with E-state index in [-0.39, 0.29) is 0 Å². The molecular weight excluding hydrogens is 552 g/mol. The summed E-state index contributed by atoms with van der Waals surface area (Å²) in [6, 6.07) is 33.3. The molecule has 2 heterocycles. The predicted molar refractivity (Wildman–Crippen MR) is 178 cm³/mol. The smallest absolute Gasteiger partial charge is 0.195 e. The van der Waals surface area contributed by atoms with Gasteiger partial charge in [0, 0.05) is 11.1 Å². The van der Waals surface area contributed by atoms with Crippen molar-refractivity contribution < 1.29 is 14.2 Å². The second-order valence-electron chi connectivity index (χ2n) is 10.6. The van der Waals surface area contributed by atoms with E-state index in [0.29, 0.717) is 5.92 Å². The average Bonchev–Trinajstić information content (AvgIpc) is 3.60. The van der Waals surface area contributed by atoms with E-state index in [1.54, 1.807) is 32.7 Å². The van der Waals surface area contributed by atoms with Crippen LogP contribution in [0.2, 0.25) is 0 Å². The fourth-order valence-corrected chi connectivity index (χ4v) is 6.33. The molecule has 2 aromatic heterocycles. The second-order valence-corrected chi connectivity index (χ2v) is 11.6. The Hall–Kier alpha value is -4.81. The zero-order valence-electron chi connectivity index (χ0n) is 25.0. The zero-order valence-corrected chi connectivity index (χ0v) is 25.8. The molecule has 0 N–H and O–H groups in total. The molecule has 0 aliphatic carbocycles. The minimum absolute atomic E-state index is 0.489. The Kier molecular flexibility index (Phi) is 8.03. The normalized spacial score (nSPS) is 11.5. The van der Waals surface area contributed by atoms with Gasteiger partial charge in [-0.15, -0.1) is 0 Å². The molecule has 0 amide bonds. The number of imidazole rings is 1. The Morgan fingerprint density at radius 1 is 0.628 bits per heavy atom. The molecular formula is C37H34N2O3S. The van der Waals surface area contributed by atoms with Gasteiger partial charge in [-0.1, -0.05) is 55.5 Å². The largest absolute Gasteiger partial charge is 0.497 e. The molecule has 0 fully saturated rings. The van der Waals surface area contributed by atoms with Crippen molar-refractivity contribution in [1.82, 2.24) is 9.38 Å². The first-order valence-corrected chi connectivity index (χ1v) is 15.1. The van der Waals surface area contributed by atoms with Crippen LogP contribution in [0, 0.1) is 0 Å². The zero-order chi connectivity index (χ0) is 29.9. The van der Waals surface area contributed by atoms with Gasteiger partial charge in [-0.05, 0) is 101 Å². The highest BCUT2D eigenvalue weighted by molar-refractivity contribution is 7.21. The van der Waals surface area contributed by atoms with Crippen LogP contribution in [0.1, 0.15) is 36.6 Å². The molecule has 0 bridgehead atoms. The number of hydrogen-bond acceptors (Lipinski definition) is 5. The summed E-state index contributed by atoms with van der Waals surface area (Å²) in [6.45, 7) is 4.43. The maximum absolute atomic E-state index is 5.48. The highest BCUT2D eigenvalue weighted by Gasteiger charge is 2.23. The summed E-state index contributed by atoms with van der Waals surface area (Å²) >= 11 is 1.68. The van der Waals surface area contributed by atoms with E-state index in [2.05, 4.69) is 91.1 Å². The number of nitrogens with zero attached hydrogens (tertiary/aromatic N) is 2. The van der Waals surface area contributed by atoms with Crippen molar-refractivity contribution in [3.63, 3.8) is 0 Å². The van der Waals surface area contributed by atoms with E-state index >= 15 is 0 Å². The number of hydrogen-bond donors (Lipinski definition) is 0. The van der Waals surface area contributed by atoms with Gasteiger partial charge in [-0.2, -0.15) is 0 Å². The van der Waals surface area contributed by atoms with E-state index in [4.69, 9.17) is 19.2 Å². The molecule has 4 aromatic carbocycles. The molecule has 6 aromatic rings. The van der Waals surface area contributed by atoms with Gasteiger partial charge in [-0.25, -0.2) is 4.98 Å². The Labute approximate surface area is 256 Å². The van der Waals surface area contributed by atoms with Crippen molar-refractivity contribution in [3.05, 3.63) is 114 Å². The molecule has 0 saturated carbocycles. The summed E-state index contributed by atoms with van der Waals surface area (Å²) in [5, 5.41) is 0. The van der Waals surface area contributed by atoms with Gasteiger partial charge in [-0.3, -0.25) is 4.40 Å². The maximum Gasteiger partial charge on any atom is 0.195 e. The van der Waals surface area contributed by atoms with Crippen molar-refractivity contribution in [2.24, 2.45) is 0 Å². The van der Waals surface area contributed by atoms with Crippen molar-refractivity contribution in [2.45, 2.75) is 19.8 Å². The molecule has 0 spiro atoms. The fourth-order valence-electron chi connectivity index (χ4n) is 5.17. The summed E-state index contributed by atoms with van der Waals surface area (Å²) in [5.74, 6) is 2.94. The Bertz CT molecular complexity index is 1860. The van der Waals surface area contributed by atoms with E-state index in [1.807, 2.05) is 36.4 Å². The standard InChI is InChI=1S/C37H34N2O3S/c1-24(2)26-9-6-25(7-10-26)8-23-33-34(27-11-17-30(40-3)18-12-27)38-37-39(33)35(28-13-19-31(41-4)20-14-28)36(43-37)29-15-21-32(42-5)22-16-29/h6-24H,1-5H3/b23-8+. The van der Waals surface area contributed by atoms with Crippen LogP contribution in [0.5, 0.6) is 17.2 Å². The van der Waals surface area contributed by atoms with Crippen molar-refractivity contribution in [3.8, 4) is 50.2 Å². The molecule has 0 unspecified atom stereocenters. The lowest BCUT2D eigenvalue weighted by atomic mass is 10.0. The van der Waals surface area contributed by atoms with E-state index in [9.17, 15) is 0 Å². The quantitative estimate of drug-likeness (QED) is 0.169. The molecule has 0 aliphatic rings. The topological polar surface area (TPSA) is 45.0 Å². The number of rotatable bonds is 9. The van der Waals surface area contributed by atoms with Crippen LogP contribution in [0.4, 0.5) is 0 Å². The predicted octanol–water partition coefficient (Wildman–Crippen LogP) is 9.72. The molecule has 6 rings (SSSR count). The molecule has 43 heavy (non-hydrogen) atoms. The molecule has 0 aliphatic heterocycles. The molecule has 216 valence electrons. The summed E-state index contributed by atoms with van der Waals surface area (Å²) in [7, 11) is 5.06. The first kappa shape index (κ1) is 28.3. The highest BCUT2D eigenvalue weighted by Crippen LogP contribution is 2.43. The lowest BCUT2D eigenvalue weighted by molar-refractivity contribution is 0.414. The maximum atomic E-state index is 5.48. The molecule has 5 nitrogen and oxygen atoms in total. The summed E-state index contributed by atoms with van der Waals surface area (Å²) < 4.78 is 18.6. The minimum Gasteiger partial charge on any atom is -0.497 e. The summed E-state index contributed by atoms with van der Waals surface area (Å²) in [5.41, 5.74) is 8.67. The number of fused-ring (bicyclic) bond motifs is 1. The molecule has 0 atom stereocenters. The fraction of sp³-hybridized carbons (Fsp3) is 0.162. The van der Waals surface area contributed by atoms with E-state index < -0.39 is 0 Å². The number of methoxy groups -OCH3 is 3. The van der Waals surface area contributed by atoms with Crippen LogP contribution in [0.3, 0.4) is 0 Å². The van der Waals surface area contributed by atoms with E-state index in [0.717, 1.165) is 66.4 Å². The second kappa shape index (κ2) is 12.2. The Morgan fingerprint density at radius 3 is 1.65 bits per heavy atom. The number of ether oxygens (including phenoxy) is 3. The van der Waals surface area contributed by atoms with Crippen molar-refractivity contribution in [2.75, 3.05) is 21.3 Å². The first-order chi connectivity index (χ1) is 21.0. The Balaban J connectivity index is 1.59. The van der Waals surface area contributed by atoms with Gasteiger partial charge in [0.1, 0.15) is 17.2 Å². The molecule has 0 saturated heterocycles. The van der Waals surface area contributed by atoms with Gasteiger partial charge in [0.05, 0.1) is 43.3 Å². The summed E-state index contributed by atoms with van der Waals surface area (Å²) in [4.78, 5) is 7.27. The SMILES string of the molecule is COc1ccc(-c2nc3sc(-c4ccc(OC)cc4)c(-c4ccc(OC)cc4)n3c2/C=C/c2ccc(C(C)C)cc2)cc1. The lowest BCUT2D eigenvalue weighted by Gasteiger charge is -2.10. The minimum atomic E-state index is 0.489. The van der Waals surface area contributed by atoms with Crippen LogP contribution >= 0.6 is 11.3 Å². The van der Waals surface area contributed by atoms with Gasteiger partial charge >= 0.3 is 0 Å². The third-order valence-electron chi connectivity index (χ3n) is 7.63. The highest BCUT2D eigenvalue weighted by atomic mass is 32.1. The van der Waals surface area contributed by atoms with Gasteiger partial charge in [0.15, 0.2) is 4.96 Å². The third-order valence-corrected chi connectivity index (χ3v) is 8.72. The lowest BCUT2D eigenvalue weighted by Crippen LogP contribution is -1.93. The van der Waals surface area contributed by atoms with E-state index in [1.165, 1.54) is 5.56 Å². The number of benzene rings is 4. The first-order valence-electron chi connectivity index (χ1n) is 14.3.